The molecule has 120 valence electrons. The largest absolute Gasteiger partial charge is 0.453 e. The van der Waals surface area contributed by atoms with Gasteiger partial charge < -0.3 is 10.1 Å². The highest BCUT2D eigenvalue weighted by Gasteiger charge is 2.10. The van der Waals surface area contributed by atoms with E-state index in [0.29, 0.717) is 12.2 Å². The Morgan fingerprint density at radius 1 is 1.26 bits per heavy atom. The highest BCUT2D eigenvalue weighted by Crippen LogP contribution is 2.21. The van der Waals surface area contributed by atoms with Crippen molar-refractivity contribution in [3.05, 3.63) is 64.0 Å². The summed E-state index contributed by atoms with van der Waals surface area (Å²) in [5, 5.41) is 15.9. The summed E-state index contributed by atoms with van der Waals surface area (Å²) in [4.78, 5) is 21.0. The second-order valence-electron chi connectivity index (χ2n) is 4.59. The first-order valence-electron chi connectivity index (χ1n) is 6.61. The topological polar surface area (TPSA) is 93.5 Å². The number of rotatable bonds is 5. The van der Waals surface area contributed by atoms with E-state index in [0.717, 1.165) is 11.6 Å². The van der Waals surface area contributed by atoms with Crippen molar-refractivity contribution in [1.82, 2.24) is 0 Å². The third-order valence-corrected chi connectivity index (χ3v) is 3.03. The Balaban J connectivity index is 1.98. The molecule has 8 heteroatoms. The van der Waals surface area contributed by atoms with Gasteiger partial charge in [0.05, 0.1) is 23.8 Å². The fourth-order valence-electron chi connectivity index (χ4n) is 1.83. The lowest BCUT2D eigenvalue weighted by molar-refractivity contribution is -0.385. The molecule has 0 fully saturated rings. The maximum absolute atomic E-state index is 13.7. The lowest BCUT2D eigenvalue weighted by Crippen LogP contribution is -2.10. The normalized spacial score (nSPS) is 10.0. The van der Waals surface area contributed by atoms with Gasteiger partial charge in [0.15, 0.2) is 5.82 Å². The maximum atomic E-state index is 13.7. The number of nitrogens with zero attached hydrogens (tertiary/aromatic N) is 1. The van der Waals surface area contributed by atoms with E-state index in [9.17, 15) is 19.3 Å². The Morgan fingerprint density at radius 2 is 1.96 bits per heavy atom. The molecule has 0 saturated carbocycles. The quantitative estimate of drug-likeness (QED) is 0.649. The average Bonchev–Trinajstić information content (AvgIpc) is 2.54. The predicted molar refractivity (Wildman–Crippen MR) is 82.9 cm³/mol. The predicted octanol–water partition coefficient (Wildman–Crippen LogP) is 3.52. The number of nitro benzene ring substituents is 1. The van der Waals surface area contributed by atoms with Crippen molar-refractivity contribution in [2.24, 2.45) is 0 Å². The second-order valence-corrected chi connectivity index (χ2v) is 4.59. The molecule has 0 bridgehead atoms. The molecule has 0 atom stereocenters. The molecule has 0 heterocycles. The number of non-ortho nitro benzene ring substituents is 1. The van der Waals surface area contributed by atoms with Gasteiger partial charge in [-0.2, -0.15) is 0 Å². The van der Waals surface area contributed by atoms with Crippen molar-refractivity contribution in [1.29, 1.82) is 0 Å². The highest BCUT2D eigenvalue weighted by molar-refractivity contribution is 5.84. The number of benzene rings is 2. The molecular formula is C15H14FN3O4. The molecule has 2 N–H and O–H groups in total. The van der Waals surface area contributed by atoms with Gasteiger partial charge in [-0.05, 0) is 23.8 Å². The first-order valence-corrected chi connectivity index (χ1v) is 6.61. The van der Waals surface area contributed by atoms with Gasteiger partial charge in [0, 0.05) is 18.3 Å². The molecule has 23 heavy (non-hydrogen) atoms. The van der Waals surface area contributed by atoms with Crippen LogP contribution in [0.4, 0.5) is 26.2 Å². The monoisotopic (exact) mass is 319 g/mol. The molecule has 0 unspecified atom stereocenters. The number of hydrogen-bond acceptors (Lipinski definition) is 5. The number of halogens is 1. The van der Waals surface area contributed by atoms with E-state index in [1.54, 1.807) is 24.3 Å². The fraction of sp³-hybridized carbons (Fsp3) is 0.133. The van der Waals surface area contributed by atoms with Crippen LogP contribution < -0.4 is 10.6 Å². The molecule has 0 aliphatic carbocycles. The van der Waals surface area contributed by atoms with Gasteiger partial charge in [-0.15, -0.1) is 0 Å². The SMILES string of the molecule is COC(=O)Nc1ccc(CNc2ccc([N+](=O)[O-])cc2F)cc1. The number of nitro groups is 1. The summed E-state index contributed by atoms with van der Waals surface area (Å²) < 4.78 is 18.2. The van der Waals surface area contributed by atoms with Crippen molar-refractivity contribution in [3.63, 3.8) is 0 Å². The summed E-state index contributed by atoms with van der Waals surface area (Å²) >= 11 is 0. The fourth-order valence-corrected chi connectivity index (χ4v) is 1.83. The van der Waals surface area contributed by atoms with Crippen molar-refractivity contribution in [2.75, 3.05) is 17.7 Å². The lowest BCUT2D eigenvalue weighted by Gasteiger charge is -2.09. The Kier molecular flexibility index (Phi) is 5.08. The van der Waals surface area contributed by atoms with E-state index in [1.807, 2.05) is 0 Å². The van der Waals surface area contributed by atoms with Gasteiger partial charge in [0.2, 0.25) is 0 Å². The minimum absolute atomic E-state index is 0.173. The van der Waals surface area contributed by atoms with Crippen LogP contribution in [-0.4, -0.2) is 18.1 Å². The van der Waals surface area contributed by atoms with Gasteiger partial charge >= 0.3 is 6.09 Å². The van der Waals surface area contributed by atoms with E-state index in [4.69, 9.17) is 0 Å². The number of methoxy groups -OCH3 is 1. The van der Waals surface area contributed by atoms with Crippen LogP contribution in [0.5, 0.6) is 0 Å². The standard InChI is InChI=1S/C15H14FN3O4/c1-23-15(20)18-11-4-2-10(3-5-11)9-17-14-7-6-12(19(21)22)8-13(14)16/h2-8,17H,9H2,1H3,(H,18,20). The lowest BCUT2D eigenvalue weighted by atomic mass is 10.2. The first kappa shape index (κ1) is 16.2. The smallest absolute Gasteiger partial charge is 0.411 e. The number of ether oxygens (including phenoxy) is 1. The van der Waals surface area contributed by atoms with Crippen LogP contribution in [-0.2, 0) is 11.3 Å². The number of carbonyl (C=O) groups is 1. The highest BCUT2D eigenvalue weighted by atomic mass is 19.1. The summed E-state index contributed by atoms with van der Waals surface area (Å²) in [6.07, 6.45) is -0.566. The van der Waals surface area contributed by atoms with Gasteiger partial charge in [-0.3, -0.25) is 15.4 Å². The number of carbonyl (C=O) groups excluding carboxylic acids is 1. The van der Waals surface area contributed by atoms with Crippen LogP contribution in [0.15, 0.2) is 42.5 Å². The molecule has 2 aromatic rings. The molecule has 1 amide bonds. The zero-order valence-electron chi connectivity index (χ0n) is 12.2. The Labute approximate surface area is 131 Å². The number of anilines is 2. The van der Waals surface area contributed by atoms with Crippen LogP contribution in [0.3, 0.4) is 0 Å². The maximum Gasteiger partial charge on any atom is 0.411 e. The molecular weight excluding hydrogens is 305 g/mol. The molecule has 0 aromatic heterocycles. The minimum atomic E-state index is -0.692. The van der Waals surface area contributed by atoms with Crippen molar-refractivity contribution < 1.29 is 18.8 Å². The summed E-state index contributed by atoms with van der Waals surface area (Å²) in [5.74, 6) is -0.692. The van der Waals surface area contributed by atoms with Crippen LogP contribution in [0.25, 0.3) is 0 Å². The van der Waals surface area contributed by atoms with Gasteiger partial charge in [0.25, 0.3) is 5.69 Å². The molecule has 0 spiro atoms. The van der Waals surface area contributed by atoms with E-state index in [2.05, 4.69) is 15.4 Å². The van der Waals surface area contributed by atoms with E-state index in [-0.39, 0.29) is 11.4 Å². The molecule has 2 rings (SSSR count). The molecule has 7 nitrogen and oxygen atoms in total. The molecule has 0 radical (unpaired) electrons. The summed E-state index contributed by atoms with van der Waals surface area (Å²) in [7, 11) is 1.27. The van der Waals surface area contributed by atoms with Crippen LogP contribution >= 0.6 is 0 Å². The van der Waals surface area contributed by atoms with Gasteiger partial charge in [0.1, 0.15) is 0 Å². The summed E-state index contributed by atoms with van der Waals surface area (Å²) in [6.45, 7) is 0.327. The third-order valence-electron chi connectivity index (χ3n) is 3.03. The van der Waals surface area contributed by atoms with Crippen LogP contribution in [0, 0.1) is 15.9 Å². The van der Waals surface area contributed by atoms with Crippen LogP contribution in [0.1, 0.15) is 5.56 Å². The molecule has 0 saturated heterocycles. The Hall–Kier alpha value is -3.16. The average molecular weight is 319 g/mol. The zero-order valence-corrected chi connectivity index (χ0v) is 12.2. The number of amides is 1. The second kappa shape index (κ2) is 7.21. The Morgan fingerprint density at radius 3 is 2.52 bits per heavy atom. The molecule has 0 aliphatic heterocycles. The Bertz CT molecular complexity index is 719. The van der Waals surface area contributed by atoms with E-state index < -0.39 is 16.8 Å². The first-order chi connectivity index (χ1) is 11.0. The molecule has 2 aromatic carbocycles. The van der Waals surface area contributed by atoms with Crippen molar-refractivity contribution in [3.8, 4) is 0 Å². The van der Waals surface area contributed by atoms with E-state index >= 15 is 0 Å². The third kappa shape index (κ3) is 4.40. The van der Waals surface area contributed by atoms with Gasteiger partial charge in [-0.25, -0.2) is 9.18 Å². The number of hydrogen-bond donors (Lipinski definition) is 2. The van der Waals surface area contributed by atoms with Crippen LogP contribution in [0.2, 0.25) is 0 Å². The van der Waals surface area contributed by atoms with Crippen molar-refractivity contribution >= 4 is 23.2 Å². The van der Waals surface area contributed by atoms with Gasteiger partial charge in [-0.1, -0.05) is 12.1 Å². The summed E-state index contributed by atoms with van der Waals surface area (Å²) in [5.41, 5.74) is 1.29. The minimum Gasteiger partial charge on any atom is -0.453 e. The van der Waals surface area contributed by atoms with E-state index in [1.165, 1.54) is 19.2 Å². The van der Waals surface area contributed by atoms with Crippen molar-refractivity contribution in [2.45, 2.75) is 6.54 Å². The summed E-state index contributed by atoms with van der Waals surface area (Å²) in [6, 6.07) is 10.3. The molecule has 0 aliphatic rings. The number of nitrogens with one attached hydrogen (secondary N) is 2. The zero-order chi connectivity index (χ0) is 16.8.